The van der Waals surface area contributed by atoms with Crippen molar-refractivity contribution < 1.29 is 28.2 Å². The molecule has 2 aromatic rings. The number of ether oxygens (including phenoxy) is 1. The van der Waals surface area contributed by atoms with E-state index < -0.39 is 40.2 Å². The van der Waals surface area contributed by atoms with Crippen LogP contribution in [0, 0.1) is 17.6 Å². The third kappa shape index (κ3) is 3.44. The minimum Gasteiger partial charge on any atom is -0.503 e. The molecule has 0 saturated heterocycles. The van der Waals surface area contributed by atoms with Gasteiger partial charge in [-0.05, 0) is 19.4 Å². The number of aromatic hydroxyl groups is 1. The van der Waals surface area contributed by atoms with Gasteiger partial charge < -0.3 is 24.6 Å². The molecule has 1 aromatic heterocycles. The van der Waals surface area contributed by atoms with Gasteiger partial charge in [0, 0.05) is 50.5 Å². The van der Waals surface area contributed by atoms with Crippen LogP contribution in [-0.2, 0) is 16.8 Å². The first kappa shape index (κ1) is 21.9. The van der Waals surface area contributed by atoms with Crippen LogP contribution in [-0.4, -0.2) is 53.2 Å². The van der Waals surface area contributed by atoms with Gasteiger partial charge in [0.25, 0.3) is 11.8 Å². The Balaban J connectivity index is 1.70. The molecule has 1 saturated carbocycles. The number of pyridine rings is 1. The third-order valence-electron chi connectivity index (χ3n) is 6.27. The second kappa shape index (κ2) is 8.01. The second-order valence-corrected chi connectivity index (χ2v) is 8.14. The number of nitrogens with zero attached hydrogens (tertiary/aromatic N) is 2. The van der Waals surface area contributed by atoms with Crippen molar-refractivity contribution in [1.82, 2.24) is 14.8 Å². The molecule has 170 valence electrons. The predicted molar refractivity (Wildman–Crippen MR) is 109 cm³/mol. The SMILES string of the molecule is CCN1C[C@@]2(CC2COC)n2cc(C(=O)NCc3ccc(F)cc3F)c(=O)c(O)c2C1=O. The number of halogens is 2. The molecule has 10 heteroatoms. The van der Waals surface area contributed by atoms with Crippen molar-refractivity contribution in [3.05, 3.63) is 63.1 Å². The van der Waals surface area contributed by atoms with Gasteiger partial charge in [0.15, 0.2) is 11.4 Å². The summed E-state index contributed by atoms with van der Waals surface area (Å²) in [5.41, 5.74) is -2.05. The average Bonchev–Trinajstić information content (AvgIpc) is 3.44. The Morgan fingerprint density at radius 3 is 2.75 bits per heavy atom. The molecule has 2 heterocycles. The van der Waals surface area contributed by atoms with E-state index in [4.69, 9.17) is 4.74 Å². The van der Waals surface area contributed by atoms with E-state index in [0.717, 1.165) is 6.07 Å². The Morgan fingerprint density at radius 2 is 2.09 bits per heavy atom. The van der Waals surface area contributed by atoms with Crippen LogP contribution in [0.2, 0.25) is 0 Å². The summed E-state index contributed by atoms with van der Waals surface area (Å²) in [6.07, 6.45) is 1.94. The number of methoxy groups -OCH3 is 1. The number of nitrogens with one attached hydrogen (secondary N) is 1. The van der Waals surface area contributed by atoms with Gasteiger partial charge in [-0.15, -0.1) is 0 Å². The maximum absolute atomic E-state index is 13.9. The minimum absolute atomic E-state index is 0.0367. The first-order chi connectivity index (χ1) is 15.2. The van der Waals surface area contributed by atoms with E-state index in [-0.39, 0.29) is 29.3 Å². The highest BCUT2D eigenvalue weighted by molar-refractivity contribution is 5.99. The summed E-state index contributed by atoms with van der Waals surface area (Å²) < 4.78 is 33.7. The summed E-state index contributed by atoms with van der Waals surface area (Å²) in [4.78, 5) is 39.9. The summed E-state index contributed by atoms with van der Waals surface area (Å²) >= 11 is 0. The van der Waals surface area contributed by atoms with Gasteiger partial charge in [0.05, 0.1) is 12.1 Å². The average molecular weight is 447 g/mol. The van der Waals surface area contributed by atoms with Crippen LogP contribution in [0.25, 0.3) is 0 Å². The number of benzene rings is 1. The number of likely N-dealkylation sites (N-methyl/N-ethyl adjacent to an activating group) is 1. The molecule has 1 aliphatic heterocycles. The largest absolute Gasteiger partial charge is 0.503 e. The molecule has 8 nitrogen and oxygen atoms in total. The topological polar surface area (TPSA) is 101 Å². The van der Waals surface area contributed by atoms with Crippen LogP contribution in [0.1, 0.15) is 39.8 Å². The Kier molecular flexibility index (Phi) is 5.49. The van der Waals surface area contributed by atoms with Crippen molar-refractivity contribution in [2.45, 2.75) is 25.4 Å². The summed E-state index contributed by atoms with van der Waals surface area (Å²) in [5, 5.41) is 13.0. The van der Waals surface area contributed by atoms with Crippen LogP contribution in [0.4, 0.5) is 8.78 Å². The molecule has 4 rings (SSSR count). The highest BCUT2D eigenvalue weighted by atomic mass is 19.1. The number of hydrogen-bond acceptors (Lipinski definition) is 5. The quantitative estimate of drug-likeness (QED) is 0.701. The number of amides is 2. The summed E-state index contributed by atoms with van der Waals surface area (Å²) in [6, 6.07) is 2.94. The molecule has 2 atom stereocenters. The van der Waals surface area contributed by atoms with Gasteiger partial charge in [-0.2, -0.15) is 0 Å². The van der Waals surface area contributed by atoms with E-state index in [1.54, 1.807) is 18.9 Å². The molecule has 1 spiro atoms. The van der Waals surface area contributed by atoms with E-state index in [1.165, 1.54) is 16.8 Å². The molecule has 32 heavy (non-hydrogen) atoms. The first-order valence-electron chi connectivity index (χ1n) is 10.2. The van der Waals surface area contributed by atoms with Crippen molar-refractivity contribution in [1.29, 1.82) is 0 Å². The standard InChI is InChI=1S/C22H23F2N3O5/c1-3-26-11-22(7-13(22)10-32-2)27-9-15(18(28)19(29)17(27)21(26)31)20(30)25-8-12-4-5-14(23)6-16(12)24/h4-6,9,13,29H,3,7-8,10-11H2,1-2H3,(H,25,30)/t13?,22-/m1/s1. The molecule has 1 unspecified atom stereocenters. The van der Waals surface area contributed by atoms with E-state index in [1.807, 2.05) is 0 Å². The number of carbonyl (C=O) groups excluding carboxylic acids is 2. The molecular weight excluding hydrogens is 424 g/mol. The van der Waals surface area contributed by atoms with Crippen LogP contribution in [0.15, 0.2) is 29.2 Å². The monoisotopic (exact) mass is 447 g/mol. The van der Waals surface area contributed by atoms with Gasteiger partial charge in [0.1, 0.15) is 17.2 Å². The Labute approximate surface area is 182 Å². The smallest absolute Gasteiger partial charge is 0.274 e. The summed E-state index contributed by atoms with van der Waals surface area (Å²) in [5.74, 6) is -3.66. The van der Waals surface area contributed by atoms with Crippen molar-refractivity contribution in [2.75, 3.05) is 26.8 Å². The fraction of sp³-hybridized carbons (Fsp3) is 0.409. The molecular formula is C22H23F2N3O5. The molecule has 1 aliphatic carbocycles. The molecule has 0 bridgehead atoms. The Hall–Kier alpha value is -3.27. The number of hydrogen-bond donors (Lipinski definition) is 2. The van der Waals surface area contributed by atoms with Crippen molar-refractivity contribution in [2.24, 2.45) is 5.92 Å². The zero-order chi connectivity index (χ0) is 23.2. The highest BCUT2D eigenvalue weighted by Crippen LogP contribution is 2.54. The molecule has 2 aliphatic rings. The fourth-order valence-electron chi connectivity index (χ4n) is 4.41. The summed E-state index contributed by atoms with van der Waals surface area (Å²) in [7, 11) is 1.56. The maximum Gasteiger partial charge on any atom is 0.274 e. The van der Waals surface area contributed by atoms with E-state index in [0.29, 0.717) is 32.2 Å². The molecule has 2 amide bonds. The minimum atomic E-state index is -0.987. The second-order valence-electron chi connectivity index (χ2n) is 8.14. The Morgan fingerprint density at radius 1 is 1.34 bits per heavy atom. The highest BCUT2D eigenvalue weighted by Gasteiger charge is 2.60. The Bertz CT molecular complexity index is 1160. The number of rotatable bonds is 6. The van der Waals surface area contributed by atoms with E-state index >= 15 is 0 Å². The molecule has 1 fully saturated rings. The molecule has 2 N–H and O–H groups in total. The predicted octanol–water partition coefficient (Wildman–Crippen LogP) is 1.60. The number of aromatic nitrogens is 1. The lowest BCUT2D eigenvalue weighted by atomic mass is 10.0. The zero-order valence-electron chi connectivity index (χ0n) is 17.7. The van der Waals surface area contributed by atoms with Gasteiger partial charge in [-0.3, -0.25) is 14.4 Å². The van der Waals surface area contributed by atoms with Crippen LogP contribution in [0.5, 0.6) is 5.75 Å². The number of carbonyl (C=O) groups is 2. The summed E-state index contributed by atoms with van der Waals surface area (Å²) in [6.45, 7) is 2.71. The maximum atomic E-state index is 13.9. The van der Waals surface area contributed by atoms with Crippen LogP contribution < -0.4 is 10.7 Å². The van der Waals surface area contributed by atoms with E-state index in [2.05, 4.69) is 5.32 Å². The normalized spacial score (nSPS) is 21.6. The van der Waals surface area contributed by atoms with Crippen molar-refractivity contribution in [3.63, 3.8) is 0 Å². The molecule has 1 aromatic carbocycles. The van der Waals surface area contributed by atoms with E-state index in [9.17, 15) is 28.3 Å². The lowest BCUT2D eigenvalue weighted by molar-refractivity contribution is 0.0622. The first-order valence-corrected chi connectivity index (χ1v) is 10.2. The van der Waals surface area contributed by atoms with Gasteiger partial charge in [-0.25, -0.2) is 8.78 Å². The fourth-order valence-corrected chi connectivity index (χ4v) is 4.41. The van der Waals surface area contributed by atoms with Gasteiger partial charge in [-0.1, -0.05) is 6.07 Å². The van der Waals surface area contributed by atoms with Gasteiger partial charge >= 0.3 is 0 Å². The lowest BCUT2D eigenvalue weighted by Gasteiger charge is -2.37. The van der Waals surface area contributed by atoms with Crippen LogP contribution in [0.3, 0.4) is 0 Å². The molecule has 0 radical (unpaired) electrons. The lowest BCUT2D eigenvalue weighted by Crippen LogP contribution is -2.49. The zero-order valence-corrected chi connectivity index (χ0v) is 17.7. The van der Waals surface area contributed by atoms with Gasteiger partial charge in [0.2, 0.25) is 5.43 Å². The van der Waals surface area contributed by atoms with Crippen molar-refractivity contribution in [3.8, 4) is 5.75 Å². The van der Waals surface area contributed by atoms with Crippen molar-refractivity contribution >= 4 is 11.8 Å². The van der Waals surface area contributed by atoms with Crippen LogP contribution >= 0.6 is 0 Å². The number of fused-ring (bicyclic) bond motifs is 2. The third-order valence-corrected chi connectivity index (χ3v) is 6.27.